The molecule has 2 atom stereocenters. The van der Waals surface area contributed by atoms with Crippen LogP contribution >= 0.6 is 0 Å². The van der Waals surface area contributed by atoms with E-state index in [1.54, 1.807) is 30.1 Å². The lowest BCUT2D eigenvalue weighted by molar-refractivity contribution is -0.157. The Bertz CT molecular complexity index is 1700. The fourth-order valence-corrected chi connectivity index (χ4v) is 5.93. The van der Waals surface area contributed by atoms with E-state index in [0.717, 1.165) is 27.7 Å². The SMILES string of the molecule is CN1CC(=O)N2[C@H](c3ccc4c(c3)OCO4)c3[nH]c4ccccc4c3C[C@@H]2C1=O.O=S(=O)(O)c1ccccc1. The normalized spacial score (nSPS) is 19.8. The molecule has 3 aromatic carbocycles. The van der Waals surface area contributed by atoms with E-state index in [0.29, 0.717) is 17.9 Å². The summed E-state index contributed by atoms with van der Waals surface area (Å²) in [6.07, 6.45) is 0.509. The molecule has 4 aromatic rings. The van der Waals surface area contributed by atoms with Gasteiger partial charge >= 0.3 is 0 Å². The molecule has 39 heavy (non-hydrogen) atoms. The minimum absolute atomic E-state index is 0.0220. The number of H-pyrrole nitrogens is 1. The number of carbonyl (C=O) groups excluding carboxylic acids is 2. The molecule has 200 valence electrons. The molecule has 0 aliphatic carbocycles. The van der Waals surface area contributed by atoms with Gasteiger partial charge in [-0.3, -0.25) is 14.1 Å². The first-order chi connectivity index (χ1) is 18.7. The van der Waals surface area contributed by atoms with E-state index in [2.05, 4.69) is 11.1 Å². The fourth-order valence-electron chi connectivity index (χ4n) is 5.43. The number of nitrogens with zero attached hydrogens (tertiary/aromatic N) is 2. The molecule has 2 amide bonds. The van der Waals surface area contributed by atoms with E-state index in [9.17, 15) is 18.0 Å². The highest BCUT2D eigenvalue weighted by molar-refractivity contribution is 7.85. The number of para-hydroxylation sites is 1. The van der Waals surface area contributed by atoms with Crippen LogP contribution in [0, 0.1) is 0 Å². The average molecular weight is 548 g/mol. The van der Waals surface area contributed by atoms with Crippen molar-refractivity contribution in [2.75, 3.05) is 20.4 Å². The molecule has 0 radical (unpaired) electrons. The molecule has 4 heterocycles. The topological polar surface area (TPSA) is 129 Å². The van der Waals surface area contributed by atoms with Gasteiger partial charge in [0.1, 0.15) is 6.04 Å². The van der Waals surface area contributed by atoms with Crippen molar-refractivity contribution in [3.8, 4) is 11.5 Å². The molecule has 3 aliphatic rings. The monoisotopic (exact) mass is 547 g/mol. The zero-order chi connectivity index (χ0) is 27.3. The summed E-state index contributed by atoms with van der Waals surface area (Å²) >= 11 is 0. The highest BCUT2D eigenvalue weighted by atomic mass is 32.2. The van der Waals surface area contributed by atoms with Gasteiger partial charge in [-0.15, -0.1) is 0 Å². The maximum atomic E-state index is 13.1. The third-order valence-electron chi connectivity index (χ3n) is 7.21. The average Bonchev–Trinajstić information content (AvgIpc) is 3.55. The fraction of sp³-hybridized carbons (Fsp3) is 0.214. The molecule has 11 heteroatoms. The summed E-state index contributed by atoms with van der Waals surface area (Å²) in [5.74, 6) is 1.28. The van der Waals surface area contributed by atoms with E-state index in [-0.39, 0.29) is 36.1 Å². The maximum Gasteiger partial charge on any atom is 0.294 e. The van der Waals surface area contributed by atoms with Crippen LogP contribution in [0.15, 0.2) is 77.7 Å². The van der Waals surface area contributed by atoms with Gasteiger partial charge in [0.05, 0.1) is 17.5 Å². The number of aromatic amines is 1. The molecule has 3 aliphatic heterocycles. The number of nitrogens with one attached hydrogen (secondary N) is 1. The number of rotatable bonds is 2. The zero-order valence-corrected chi connectivity index (χ0v) is 21.7. The predicted octanol–water partition coefficient (Wildman–Crippen LogP) is 3.14. The minimum atomic E-state index is -4.00. The first-order valence-corrected chi connectivity index (χ1v) is 13.7. The molecule has 1 saturated heterocycles. The van der Waals surface area contributed by atoms with Gasteiger partial charge in [-0.1, -0.05) is 42.5 Å². The Kier molecular flexibility index (Phi) is 6.04. The van der Waals surface area contributed by atoms with Crippen molar-refractivity contribution >= 4 is 32.8 Å². The standard InChI is InChI=1S/C22H19N3O4.C6H6O3S/c1-24-10-19(26)25-16(22(24)27)9-14-13-4-2-3-5-15(13)23-20(14)21(25)12-6-7-17-18(8-12)29-11-28-17;7-10(8,9)6-4-2-1-3-5-6/h2-8,16,21,23H,9-11H2,1H3;1-5H,(H,7,8,9)/t16-,21-;/m1./s1. The highest BCUT2D eigenvalue weighted by Gasteiger charge is 2.47. The number of hydrogen-bond acceptors (Lipinski definition) is 6. The second-order valence-corrected chi connectivity index (χ2v) is 11.0. The summed E-state index contributed by atoms with van der Waals surface area (Å²) in [5.41, 5.74) is 3.97. The van der Waals surface area contributed by atoms with Crippen molar-refractivity contribution in [2.24, 2.45) is 0 Å². The molecule has 0 saturated carbocycles. The molecule has 0 spiro atoms. The van der Waals surface area contributed by atoms with Crippen LogP contribution in [-0.4, -0.2) is 66.0 Å². The molecule has 10 nitrogen and oxygen atoms in total. The van der Waals surface area contributed by atoms with E-state index in [1.165, 1.54) is 17.0 Å². The lowest BCUT2D eigenvalue weighted by Gasteiger charge is -2.46. The molecule has 2 N–H and O–H groups in total. The van der Waals surface area contributed by atoms with Crippen molar-refractivity contribution in [3.63, 3.8) is 0 Å². The molecule has 0 bridgehead atoms. The third kappa shape index (κ3) is 4.39. The van der Waals surface area contributed by atoms with Crippen LogP contribution in [0.2, 0.25) is 0 Å². The molecular weight excluding hydrogens is 522 g/mol. The van der Waals surface area contributed by atoms with Gasteiger partial charge < -0.3 is 24.3 Å². The highest BCUT2D eigenvalue weighted by Crippen LogP contribution is 2.44. The van der Waals surface area contributed by atoms with Crippen LogP contribution in [0.4, 0.5) is 0 Å². The van der Waals surface area contributed by atoms with E-state index < -0.39 is 16.2 Å². The number of benzene rings is 3. The molecule has 0 unspecified atom stereocenters. The number of likely N-dealkylation sites (N-methyl/N-ethyl adjacent to an activating group) is 1. The van der Waals surface area contributed by atoms with Gasteiger partial charge in [-0.2, -0.15) is 8.42 Å². The number of piperazine rings is 1. The van der Waals surface area contributed by atoms with Crippen molar-refractivity contribution < 1.29 is 32.0 Å². The maximum absolute atomic E-state index is 13.1. The number of ether oxygens (including phenoxy) is 2. The minimum Gasteiger partial charge on any atom is -0.454 e. The lowest BCUT2D eigenvalue weighted by atomic mass is 9.86. The Morgan fingerprint density at radius 2 is 1.67 bits per heavy atom. The van der Waals surface area contributed by atoms with Crippen molar-refractivity contribution in [1.82, 2.24) is 14.8 Å². The molecular formula is C28H25N3O7S. The van der Waals surface area contributed by atoms with Crippen LogP contribution < -0.4 is 9.47 Å². The molecule has 1 aromatic heterocycles. The van der Waals surface area contributed by atoms with Crippen LogP contribution in [0.25, 0.3) is 10.9 Å². The summed E-state index contributed by atoms with van der Waals surface area (Å²) in [6.45, 7) is 0.279. The summed E-state index contributed by atoms with van der Waals surface area (Å²) in [4.78, 5) is 32.8. The predicted molar refractivity (Wildman–Crippen MR) is 141 cm³/mol. The lowest BCUT2D eigenvalue weighted by Crippen LogP contribution is -2.62. The Morgan fingerprint density at radius 3 is 2.41 bits per heavy atom. The second kappa shape index (κ2) is 9.44. The van der Waals surface area contributed by atoms with Crippen LogP contribution in [0.3, 0.4) is 0 Å². The first-order valence-electron chi connectivity index (χ1n) is 12.3. The van der Waals surface area contributed by atoms with Crippen LogP contribution in [0.1, 0.15) is 22.9 Å². The third-order valence-corrected chi connectivity index (χ3v) is 8.07. The van der Waals surface area contributed by atoms with Gasteiger partial charge in [0.25, 0.3) is 10.1 Å². The van der Waals surface area contributed by atoms with E-state index >= 15 is 0 Å². The largest absolute Gasteiger partial charge is 0.454 e. The van der Waals surface area contributed by atoms with Gasteiger partial charge in [-0.05, 0) is 41.5 Å². The second-order valence-electron chi connectivity index (χ2n) is 9.58. The van der Waals surface area contributed by atoms with Gasteiger partial charge in [-0.25, -0.2) is 0 Å². The zero-order valence-electron chi connectivity index (χ0n) is 20.9. The summed E-state index contributed by atoms with van der Waals surface area (Å²) in [6, 6.07) is 20.3. The smallest absolute Gasteiger partial charge is 0.294 e. The Labute approximate surface area is 224 Å². The Hall–Kier alpha value is -4.35. The number of carbonyl (C=O) groups is 2. The Morgan fingerprint density at radius 1 is 0.949 bits per heavy atom. The molecule has 7 rings (SSSR count). The Balaban J connectivity index is 0.000000235. The van der Waals surface area contributed by atoms with Crippen LogP contribution in [-0.2, 0) is 26.1 Å². The number of hydrogen-bond donors (Lipinski definition) is 2. The van der Waals surface area contributed by atoms with Gasteiger partial charge in [0.2, 0.25) is 18.6 Å². The summed E-state index contributed by atoms with van der Waals surface area (Å²) in [5, 5.41) is 1.10. The first kappa shape index (κ1) is 25.0. The van der Waals surface area contributed by atoms with Crippen molar-refractivity contribution in [3.05, 3.63) is 89.6 Å². The van der Waals surface area contributed by atoms with Gasteiger partial charge in [0, 0.05) is 30.1 Å². The summed E-state index contributed by atoms with van der Waals surface area (Å²) < 4.78 is 40.3. The molecule has 1 fully saturated rings. The number of aromatic nitrogens is 1. The quantitative estimate of drug-likeness (QED) is 0.369. The van der Waals surface area contributed by atoms with E-state index in [1.807, 2.05) is 36.4 Å². The summed E-state index contributed by atoms with van der Waals surface area (Å²) in [7, 11) is -2.31. The van der Waals surface area contributed by atoms with Crippen molar-refractivity contribution in [1.29, 1.82) is 0 Å². The van der Waals surface area contributed by atoms with Crippen LogP contribution in [0.5, 0.6) is 11.5 Å². The van der Waals surface area contributed by atoms with Gasteiger partial charge in [0.15, 0.2) is 11.5 Å². The number of amides is 2. The number of fused-ring (bicyclic) bond motifs is 5. The van der Waals surface area contributed by atoms with E-state index in [4.69, 9.17) is 14.0 Å². The van der Waals surface area contributed by atoms with Crippen molar-refractivity contribution in [2.45, 2.75) is 23.4 Å².